The quantitative estimate of drug-likeness (QED) is 0.566. The third-order valence-corrected chi connectivity index (χ3v) is 4.95. The lowest BCUT2D eigenvalue weighted by atomic mass is 10.3. The Bertz CT molecular complexity index is 640. The van der Waals surface area contributed by atoms with Crippen LogP contribution in [0.2, 0.25) is 8.67 Å². The summed E-state index contributed by atoms with van der Waals surface area (Å²) in [7, 11) is 0. The number of carbonyl (C=O) groups excluding carboxylic acids is 1. The number of halogens is 2. The molecule has 2 aromatic rings. The molecule has 6 heteroatoms. The normalized spacial score (nSPS) is 10.3. The first-order valence-corrected chi connectivity index (χ1v) is 8.26. The van der Waals surface area contributed by atoms with Crippen molar-refractivity contribution in [2.75, 3.05) is 11.1 Å². The van der Waals surface area contributed by atoms with Crippen LogP contribution in [0.4, 0.5) is 5.69 Å². The summed E-state index contributed by atoms with van der Waals surface area (Å²) >= 11 is 14.6. The van der Waals surface area contributed by atoms with Crippen molar-refractivity contribution >= 4 is 57.9 Å². The molecule has 1 aromatic heterocycles. The molecule has 1 heterocycles. The SMILES string of the molecule is C=CCSc1ccccc1NC(=O)c1cc(Cl)sc1Cl. The van der Waals surface area contributed by atoms with Crippen molar-refractivity contribution in [3.8, 4) is 0 Å². The van der Waals surface area contributed by atoms with Gasteiger partial charge in [0.25, 0.3) is 5.91 Å². The lowest BCUT2D eigenvalue weighted by Gasteiger charge is -2.09. The van der Waals surface area contributed by atoms with E-state index in [2.05, 4.69) is 11.9 Å². The Kier molecular flexibility index (Phi) is 5.54. The number of amides is 1. The smallest absolute Gasteiger partial charge is 0.258 e. The average molecular weight is 344 g/mol. The number of rotatable bonds is 5. The summed E-state index contributed by atoms with van der Waals surface area (Å²) in [4.78, 5) is 13.2. The van der Waals surface area contributed by atoms with E-state index in [-0.39, 0.29) is 5.91 Å². The zero-order chi connectivity index (χ0) is 14.5. The van der Waals surface area contributed by atoms with E-state index in [0.717, 1.165) is 16.3 Å². The van der Waals surface area contributed by atoms with Crippen LogP contribution in [-0.2, 0) is 0 Å². The zero-order valence-electron chi connectivity index (χ0n) is 10.4. The van der Waals surface area contributed by atoms with Crippen LogP contribution >= 0.6 is 46.3 Å². The van der Waals surface area contributed by atoms with Gasteiger partial charge in [-0.05, 0) is 18.2 Å². The van der Waals surface area contributed by atoms with Gasteiger partial charge in [0.05, 0.1) is 15.6 Å². The minimum absolute atomic E-state index is 0.259. The Hall–Kier alpha value is -0.940. The van der Waals surface area contributed by atoms with Crippen LogP contribution in [0.25, 0.3) is 0 Å². The van der Waals surface area contributed by atoms with E-state index >= 15 is 0 Å². The fraction of sp³-hybridized carbons (Fsp3) is 0.0714. The third kappa shape index (κ3) is 3.79. The molecule has 104 valence electrons. The molecule has 1 amide bonds. The lowest BCUT2D eigenvalue weighted by molar-refractivity contribution is 0.102. The highest BCUT2D eigenvalue weighted by Crippen LogP contribution is 2.33. The van der Waals surface area contributed by atoms with Gasteiger partial charge in [0, 0.05) is 10.6 Å². The van der Waals surface area contributed by atoms with Gasteiger partial charge in [-0.1, -0.05) is 41.4 Å². The predicted octanol–water partition coefficient (Wildman–Crippen LogP) is 5.59. The Morgan fingerprint density at radius 3 is 2.80 bits per heavy atom. The van der Waals surface area contributed by atoms with E-state index in [1.807, 2.05) is 30.3 Å². The van der Waals surface area contributed by atoms with Gasteiger partial charge >= 0.3 is 0 Å². The third-order valence-electron chi connectivity index (χ3n) is 2.39. The summed E-state index contributed by atoms with van der Waals surface area (Å²) < 4.78 is 0.887. The second-order valence-electron chi connectivity index (χ2n) is 3.79. The molecule has 1 N–H and O–H groups in total. The first-order chi connectivity index (χ1) is 9.61. The summed E-state index contributed by atoms with van der Waals surface area (Å²) in [5, 5.41) is 2.86. The number of hydrogen-bond donors (Lipinski definition) is 1. The highest BCUT2D eigenvalue weighted by Gasteiger charge is 2.15. The molecule has 0 fully saturated rings. The molecule has 0 saturated heterocycles. The number of benzene rings is 1. The van der Waals surface area contributed by atoms with Crippen molar-refractivity contribution in [2.24, 2.45) is 0 Å². The van der Waals surface area contributed by atoms with Crippen molar-refractivity contribution in [1.82, 2.24) is 0 Å². The number of anilines is 1. The molecule has 0 aliphatic carbocycles. The van der Waals surface area contributed by atoms with Gasteiger partial charge in [-0.25, -0.2) is 0 Å². The van der Waals surface area contributed by atoms with E-state index in [1.54, 1.807) is 17.8 Å². The summed E-state index contributed by atoms with van der Waals surface area (Å²) in [5.74, 6) is 0.516. The molecule has 1 aromatic carbocycles. The molecule has 20 heavy (non-hydrogen) atoms. The van der Waals surface area contributed by atoms with Crippen LogP contribution in [0.3, 0.4) is 0 Å². The number of hydrogen-bond acceptors (Lipinski definition) is 3. The van der Waals surface area contributed by atoms with Gasteiger partial charge in [-0.2, -0.15) is 0 Å². The Balaban J connectivity index is 2.19. The molecule has 2 rings (SSSR count). The maximum atomic E-state index is 12.2. The van der Waals surface area contributed by atoms with E-state index in [1.165, 1.54) is 11.3 Å². The fourth-order valence-corrected chi connectivity index (χ4v) is 3.73. The predicted molar refractivity (Wildman–Crippen MR) is 89.7 cm³/mol. The van der Waals surface area contributed by atoms with E-state index in [9.17, 15) is 4.79 Å². The highest BCUT2D eigenvalue weighted by molar-refractivity contribution is 7.99. The maximum Gasteiger partial charge on any atom is 0.258 e. The number of thioether (sulfide) groups is 1. The molecule has 0 atom stereocenters. The second kappa shape index (κ2) is 7.18. The average Bonchev–Trinajstić information content (AvgIpc) is 2.77. The number of para-hydroxylation sites is 1. The van der Waals surface area contributed by atoms with Crippen molar-refractivity contribution in [3.63, 3.8) is 0 Å². The van der Waals surface area contributed by atoms with Gasteiger partial charge in [0.1, 0.15) is 4.34 Å². The molecule has 0 unspecified atom stereocenters. The molecule has 0 aliphatic heterocycles. The number of nitrogens with one attached hydrogen (secondary N) is 1. The Morgan fingerprint density at radius 2 is 2.15 bits per heavy atom. The van der Waals surface area contributed by atoms with E-state index in [4.69, 9.17) is 23.2 Å². The summed E-state index contributed by atoms with van der Waals surface area (Å²) in [6.45, 7) is 3.69. The van der Waals surface area contributed by atoms with Crippen LogP contribution in [0.5, 0.6) is 0 Å². The first-order valence-electron chi connectivity index (χ1n) is 5.70. The summed E-state index contributed by atoms with van der Waals surface area (Å²) in [5.41, 5.74) is 1.15. The molecule has 0 aliphatic rings. The molecule has 2 nitrogen and oxygen atoms in total. The van der Waals surface area contributed by atoms with E-state index in [0.29, 0.717) is 14.2 Å². The van der Waals surface area contributed by atoms with Gasteiger partial charge in [-0.15, -0.1) is 29.7 Å². The highest BCUT2D eigenvalue weighted by atomic mass is 35.5. The fourth-order valence-electron chi connectivity index (χ4n) is 1.53. The summed E-state index contributed by atoms with van der Waals surface area (Å²) in [6.07, 6.45) is 1.82. The minimum atomic E-state index is -0.259. The van der Waals surface area contributed by atoms with Crippen molar-refractivity contribution < 1.29 is 4.79 Å². The van der Waals surface area contributed by atoms with Crippen LogP contribution in [-0.4, -0.2) is 11.7 Å². The molecular formula is C14H11Cl2NOS2. The molecule has 0 saturated carbocycles. The topological polar surface area (TPSA) is 29.1 Å². The maximum absolute atomic E-state index is 12.2. The Labute approximate surface area is 135 Å². The zero-order valence-corrected chi connectivity index (χ0v) is 13.5. The minimum Gasteiger partial charge on any atom is -0.321 e. The van der Waals surface area contributed by atoms with Crippen LogP contribution in [0, 0.1) is 0 Å². The van der Waals surface area contributed by atoms with Crippen LogP contribution in [0.1, 0.15) is 10.4 Å². The van der Waals surface area contributed by atoms with Crippen molar-refractivity contribution in [2.45, 2.75) is 4.90 Å². The number of thiophene rings is 1. The van der Waals surface area contributed by atoms with Crippen LogP contribution < -0.4 is 5.32 Å². The standard InChI is InChI=1S/C14H11Cl2NOS2/c1-2-7-19-11-6-4-3-5-10(11)17-14(18)9-8-12(15)20-13(9)16/h2-6,8H,1,7H2,(H,17,18). The monoisotopic (exact) mass is 343 g/mol. The lowest BCUT2D eigenvalue weighted by Crippen LogP contribution is -2.12. The van der Waals surface area contributed by atoms with Gasteiger partial charge in [0.2, 0.25) is 0 Å². The second-order valence-corrected chi connectivity index (χ2v) is 7.14. The molecule has 0 radical (unpaired) electrons. The molecular weight excluding hydrogens is 333 g/mol. The van der Waals surface area contributed by atoms with Gasteiger partial charge in [-0.3, -0.25) is 4.79 Å². The van der Waals surface area contributed by atoms with Gasteiger partial charge in [0.15, 0.2) is 0 Å². The largest absolute Gasteiger partial charge is 0.321 e. The van der Waals surface area contributed by atoms with Crippen molar-refractivity contribution in [3.05, 3.63) is 57.2 Å². The van der Waals surface area contributed by atoms with Crippen LogP contribution in [0.15, 0.2) is 47.9 Å². The molecule has 0 bridgehead atoms. The van der Waals surface area contributed by atoms with Crippen molar-refractivity contribution in [1.29, 1.82) is 0 Å². The van der Waals surface area contributed by atoms with Gasteiger partial charge < -0.3 is 5.32 Å². The summed E-state index contributed by atoms with van der Waals surface area (Å²) in [6, 6.07) is 9.17. The van der Waals surface area contributed by atoms with E-state index < -0.39 is 0 Å². The first kappa shape index (κ1) is 15.4. The number of carbonyl (C=O) groups is 1. The molecule has 0 spiro atoms. The Morgan fingerprint density at radius 1 is 1.40 bits per heavy atom.